The number of carbonyl (C=O) groups is 1. The number of anilines is 1. The van der Waals surface area contributed by atoms with E-state index in [0.29, 0.717) is 0 Å². The van der Waals surface area contributed by atoms with Crippen LogP contribution in [0.5, 0.6) is 0 Å². The Kier molecular flexibility index (Phi) is 5.08. The highest BCUT2D eigenvalue weighted by Gasteiger charge is 2.34. The number of piperazine rings is 1. The Bertz CT molecular complexity index is 525. The molecule has 122 valence electrons. The summed E-state index contributed by atoms with van der Waals surface area (Å²) in [5.74, 6) is -0.416. The minimum atomic E-state index is -4.49. The molecular weight excluding hydrogens is 295 g/mol. The van der Waals surface area contributed by atoms with Crippen LogP contribution in [-0.4, -0.2) is 55.0 Å². The van der Waals surface area contributed by atoms with Crippen LogP contribution in [-0.2, 0) is 11.0 Å². The van der Waals surface area contributed by atoms with E-state index in [-0.39, 0.29) is 5.69 Å². The van der Waals surface area contributed by atoms with Crippen molar-refractivity contribution in [2.24, 2.45) is 0 Å². The molecule has 0 spiro atoms. The highest BCUT2D eigenvalue weighted by atomic mass is 19.4. The maximum absolute atomic E-state index is 12.9. The Balaban J connectivity index is 2.06. The molecule has 0 aliphatic carbocycles. The summed E-state index contributed by atoms with van der Waals surface area (Å²) in [4.78, 5) is 16.4. The van der Waals surface area contributed by atoms with Gasteiger partial charge in [-0.2, -0.15) is 13.2 Å². The third kappa shape index (κ3) is 3.98. The first-order chi connectivity index (χ1) is 10.3. The average molecular weight is 315 g/mol. The van der Waals surface area contributed by atoms with Crippen LogP contribution in [0.15, 0.2) is 24.3 Å². The van der Waals surface area contributed by atoms with Crippen LogP contribution in [0.1, 0.15) is 12.5 Å². The molecule has 1 N–H and O–H groups in total. The van der Waals surface area contributed by atoms with Gasteiger partial charge in [-0.3, -0.25) is 9.69 Å². The number of nitrogens with one attached hydrogen (secondary N) is 1. The third-order valence-corrected chi connectivity index (χ3v) is 3.96. The van der Waals surface area contributed by atoms with E-state index < -0.39 is 23.7 Å². The van der Waals surface area contributed by atoms with Crippen LogP contribution in [0.2, 0.25) is 0 Å². The first-order valence-corrected chi connectivity index (χ1v) is 7.18. The standard InChI is InChI=1S/C15H20F3N3O/c1-11(21-9-7-20(2)8-10-21)14(22)19-13-6-4-3-5-12(13)15(16,17)18/h3-6,11H,7-10H2,1-2H3,(H,19,22)/t11-/m1/s1. The van der Waals surface area contributed by atoms with Gasteiger partial charge in [0, 0.05) is 26.2 Å². The maximum atomic E-state index is 12.9. The maximum Gasteiger partial charge on any atom is 0.418 e. The first kappa shape index (κ1) is 16.8. The molecule has 1 aliphatic rings. The van der Waals surface area contributed by atoms with Crippen LogP contribution in [0.3, 0.4) is 0 Å². The lowest BCUT2D eigenvalue weighted by Crippen LogP contribution is -2.51. The molecule has 22 heavy (non-hydrogen) atoms. The molecule has 0 unspecified atom stereocenters. The molecule has 1 aromatic carbocycles. The van der Waals surface area contributed by atoms with Crippen LogP contribution in [0, 0.1) is 0 Å². The largest absolute Gasteiger partial charge is 0.418 e. The van der Waals surface area contributed by atoms with Crippen LogP contribution in [0.4, 0.5) is 18.9 Å². The number of halogens is 3. The van der Waals surface area contributed by atoms with Gasteiger partial charge < -0.3 is 10.2 Å². The van der Waals surface area contributed by atoms with E-state index >= 15 is 0 Å². The molecule has 1 atom stereocenters. The second-order valence-electron chi connectivity index (χ2n) is 5.55. The summed E-state index contributed by atoms with van der Waals surface area (Å²) in [5, 5.41) is 2.41. The summed E-state index contributed by atoms with van der Waals surface area (Å²) in [7, 11) is 2.00. The van der Waals surface area contributed by atoms with Crippen molar-refractivity contribution in [3.8, 4) is 0 Å². The SMILES string of the molecule is C[C@H](C(=O)Nc1ccccc1C(F)(F)F)N1CCN(C)CC1. The van der Waals surface area contributed by atoms with Gasteiger partial charge in [0.25, 0.3) is 0 Å². The number of benzene rings is 1. The molecule has 0 radical (unpaired) electrons. The van der Waals surface area contributed by atoms with Gasteiger partial charge >= 0.3 is 6.18 Å². The molecule has 4 nitrogen and oxygen atoms in total. The predicted octanol–water partition coefficient (Wildman–Crippen LogP) is 2.28. The lowest BCUT2D eigenvalue weighted by Gasteiger charge is -2.35. The Hall–Kier alpha value is -1.60. The van der Waals surface area contributed by atoms with Gasteiger partial charge in [-0.25, -0.2) is 0 Å². The quantitative estimate of drug-likeness (QED) is 0.929. The second kappa shape index (κ2) is 6.66. The van der Waals surface area contributed by atoms with Gasteiger partial charge in [0.2, 0.25) is 5.91 Å². The number of amides is 1. The van der Waals surface area contributed by atoms with E-state index in [4.69, 9.17) is 0 Å². The molecule has 1 amide bonds. The number of rotatable bonds is 3. The van der Waals surface area contributed by atoms with Crippen molar-refractivity contribution >= 4 is 11.6 Å². The third-order valence-electron chi connectivity index (χ3n) is 3.96. The zero-order valence-corrected chi connectivity index (χ0v) is 12.7. The summed E-state index contributed by atoms with van der Waals surface area (Å²) in [6.07, 6.45) is -4.49. The fourth-order valence-electron chi connectivity index (χ4n) is 2.45. The van der Waals surface area contributed by atoms with E-state index in [1.54, 1.807) is 6.92 Å². The zero-order valence-electron chi connectivity index (χ0n) is 12.7. The zero-order chi connectivity index (χ0) is 16.3. The van der Waals surface area contributed by atoms with Crippen molar-refractivity contribution in [2.45, 2.75) is 19.1 Å². The van der Waals surface area contributed by atoms with Gasteiger partial charge in [0.1, 0.15) is 0 Å². The fraction of sp³-hybridized carbons (Fsp3) is 0.533. The number of para-hydroxylation sites is 1. The van der Waals surface area contributed by atoms with Crippen molar-refractivity contribution in [2.75, 3.05) is 38.5 Å². The van der Waals surface area contributed by atoms with Gasteiger partial charge in [-0.1, -0.05) is 12.1 Å². The molecule has 0 aromatic heterocycles. The number of hydrogen-bond acceptors (Lipinski definition) is 3. The Morgan fingerprint density at radius 3 is 2.36 bits per heavy atom. The highest BCUT2D eigenvalue weighted by molar-refractivity contribution is 5.95. The molecule has 1 saturated heterocycles. The monoisotopic (exact) mass is 315 g/mol. The van der Waals surface area contributed by atoms with Gasteiger partial charge in [-0.15, -0.1) is 0 Å². The van der Waals surface area contributed by atoms with E-state index in [1.807, 2.05) is 11.9 Å². The van der Waals surface area contributed by atoms with E-state index in [2.05, 4.69) is 10.2 Å². The topological polar surface area (TPSA) is 35.6 Å². The molecule has 0 saturated carbocycles. The molecule has 1 aromatic rings. The number of carbonyl (C=O) groups excluding carboxylic acids is 1. The molecular formula is C15H20F3N3O. The summed E-state index contributed by atoms with van der Waals surface area (Å²) in [6, 6.07) is 4.57. The normalized spacial score (nSPS) is 19.0. The van der Waals surface area contributed by atoms with Crippen LogP contribution in [0.25, 0.3) is 0 Å². The van der Waals surface area contributed by atoms with E-state index in [0.717, 1.165) is 32.2 Å². The molecule has 1 aliphatic heterocycles. The minimum absolute atomic E-state index is 0.194. The van der Waals surface area contributed by atoms with Crippen molar-refractivity contribution in [3.63, 3.8) is 0 Å². The lowest BCUT2D eigenvalue weighted by molar-refractivity contribution is -0.137. The predicted molar refractivity (Wildman–Crippen MR) is 78.6 cm³/mol. The minimum Gasteiger partial charge on any atom is -0.324 e. The van der Waals surface area contributed by atoms with Crippen molar-refractivity contribution in [3.05, 3.63) is 29.8 Å². The van der Waals surface area contributed by atoms with Crippen molar-refractivity contribution < 1.29 is 18.0 Å². The average Bonchev–Trinajstić information content (AvgIpc) is 2.46. The Labute approximate surface area is 127 Å². The number of hydrogen-bond donors (Lipinski definition) is 1. The van der Waals surface area contributed by atoms with Gasteiger partial charge in [0.15, 0.2) is 0 Å². The summed E-state index contributed by atoms with van der Waals surface area (Å²) >= 11 is 0. The Morgan fingerprint density at radius 1 is 1.18 bits per heavy atom. The molecule has 1 fully saturated rings. The fourth-order valence-corrected chi connectivity index (χ4v) is 2.45. The molecule has 0 bridgehead atoms. The second-order valence-corrected chi connectivity index (χ2v) is 5.55. The van der Waals surface area contributed by atoms with Crippen LogP contribution >= 0.6 is 0 Å². The Morgan fingerprint density at radius 2 is 1.77 bits per heavy atom. The van der Waals surface area contributed by atoms with Crippen LogP contribution < -0.4 is 5.32 Å². The van der Waals surface area contributed by atoms with E-state index in [1.165, 1.54) is 18.2 Å². The highest BCUT2D eigenvalue weighted by Crippen LogP contribution is 2.34. The molecule has 2 rings (SSSR count). The van der Waals surface area contributed by atoms with Gasteiger partial charge in [0.05, 0.1) is 17.3 Å². The smallest absolute Gasteiger partial charge is 0.324 e. The number of nitrogens with zero attached hydrogens (tertiary/aromatic N) is 2. The molecule has 1 heterocycles. The van der Waals surface area contributed by atoms with Gasteiger partial charge in [-0.05, 0) is 26.1 Å². The molecule has 7 heteroatoms. The van der Waals surface area contributed by atoms with E-state index in [9.17, 15) is 18.0 Å². The summed E-state index contributed by atoms with van der Waals surface area (Å²) in [6.45, 7) is 4.86. The first-order valence-electron chi connectivity index (χ1n) is 7.18. The lowest BCUT2D eigenvalue weighted by atomic mass is 10.1. The number of likely N-dealkylation sites (N-methyl/N-ethyl adjacent to an activating group) is 1. The van der Waals surface area contributed by atoms with Crippen molar-refractivity contribution in [1.82, 2.24) is 9.80 Å². The number of alkyl halides is 3. The summed E-state index contributed by atoms with van der Waals surface area (Å²) in [5.41, 5.74) is -1.02. The summed E-state index contributed by atoms with van der Waals surface area (Å²) < 4.78 is 38.8. The van der Waals surface area contributed by atoms with Crippen molar-refractivity contribution in [1.29, 1.82) is 0 Å².